The molecule has 6 nitrogen and oxygen atoms in total. The number of nitrogens with zero attached hydrogens (tertiary/aromatic N) is 4. The smallest absolute Gasteiger partial charge is 0.320 e. The van der Waals surface area contributed by atoms with Gasteiger partial charge in [0.1, 0.15) is 0 Å². The molecule has 0 atom stereocenters. The number of carbonyl (C=O) groups excluding carboxylic acids is 1. The highest BCUT2D eigenvalue weighted by atomic mass is 19.4. The molecule has 0 aliphatic rings. The second-order valence-electron chi connectivity index (χ2n) is 6.59. The molecule has 4 aromatic rings. The van der Waals surface area contributed by atoms with Gasteiger partial charge in [0.25, 0.3) is 5.91 Å². The molecule has 164 valence electrons. The molecule has 0 saturated heterocycles. The summed E-state index contributed by atoms with van der Waals surface area (Å²) >= 11 is 0. The molecule has 4 rings (SSSR count). The summed E-state index contributed by atoms with van der Waals surface area (Å²) < 4.78 is 79.6. The topological polar surface area (TPSA) is 72.7 Å². The molecule has 1 N–H and O–H groups in total. The van der Waals surface area contributed by atoms with Gasteiger partial charge in [0.05, 0.1) is 34.7 Å². The summed E-state index contributed by atoms with van der Waals surface area (Å²) in [5, 5.41) is 6.52. The molecule has 0 spiro atoms. The number of halogens is 6. The van der Waals surface area contributed by atoms with Crippen LogP contribution in [0.1, 0.15) is 21.6 Å². The number of pyridine rings is 2. The Bertz CT molecular complexity index is 1290. The van der Waals surface area contributed by atoms with Gasteiger partial charge in [-0.05, 0) is 24.3 Å². The maximum Gasteiger partial charge on any atom is 0.434 e. The van der Waals surface area contributed by atoms with Crippen LogP contribution in [0.5, 0.6) is 0 Å². The monoisotopic (exact) mass is 451 g/mol. The molecule has 1 aromatic carbocycles. The van der Waals surface area contributed by atoms with Crippen molar-refractivity contribution in [2.45, 2.75) is 12.4 Å². The fourth-order valence-electron chi connectivity index (χ4n) is 2.98. The first-order valence-electron chi connectivity index (χ1n) is 8.89. The van der Waals surface area contributed by atoms with Gasteiger partial charge in [-0.15, -0.1) is 0 Å². The number of hydrogen-bond donors (Lipinski definition) is 1. The SMILES string of the molecule is O=C(Nc1cnc2ccccc2c1)c1cnn(-c2ccc(C(F)(F)F)cn2)c1C(F)(F)F. The second-order valence-corrected chi connectivity index (χ2v) is 6.59. The zero-order valence-electron chi connectivity index (χ0n) is 15.7. The van der Waals surface area contributed by atoms with Crippen LogP contribution in [0.4, 0.5) is 32.0 Å². The quantitative estimate of drug-likeness (QED) is 0.440. The molecule has 0 unspecified atom stereocenters. The van der Waals surface area contributed by atoms with Crippen LogP contribution in [0, 0.1) is 0 Å². The van der Waals surface area contributed by atoms with E-state index in [0.29, 0.717) is 29.4 Å². The van der Waals surface area contributed by atoms with Gasteiger partial charge in [0.2, 0.25) is 0 Å². The minimum atomic E-state index is -5.05. The van der Waals surface area contributed by atoms with E-state index >= 15 is 0 Å². The molecule has 32 heavy (non-hydrogen) atoms. The summed E-state index contributed by atoms with van der Waals surface area (Å²) in [7, 11) is 0. The van der Waals surface area contributed by atoms with Crippen LogP contribution >= 0.6 is 0 Å². The standard InChI is InChI=1S/C20H11F6N5O/c21-19(22,23)12-5-6-16(28-8-12)31-17(20(24,25)26)14(10-29-31)18(32)30-13-7-11-3-1-2-4-15(11)27-9-13/h1-10H,(H,30,32). The van der Waals surface area contributed by atoms with Crippen LogP contribution < -0.4 is 5.32 Å². The van der Waals surface area contributed by atoms with E-state index in [1.165, 1.54) is 12.3 Å². The highest BCUT2D eigenvalue weighted by Crippen LogP contribution is 2.34. The van der Waals surface area contributed by atoms with Gasteiger partial charge in [-0.25, -0.2) is 9.67 Å². The molecule has 1 amide bonds. The minimum absolute atomic E-state index is 0.155. The molecule has 3 aromatic heterocycles. The van der Waals surface area contributed by atoms with Crippen molar-refractivity contribution < 1.29 is 31.1 Å². The van der Waals surface area contributed by atoms with Gasteiger partial charge in [0, 0.05) is 11.6 Å². The van der Waals surface area contributed by atoms with Crippen LogP contribution in [-0.2, 0) is 12.4 Å². The number of amides is 1. The Morgan fingerprint density at radius 2 is 1.62 bits per heavy atom. The number of aromatic nitrogens is 4. The highest BCUT2D eigenvalue weighted by molar-refractivity contribution is 6.05. The zero-order valence-corrected chi connectivity index (χ0v) is 15.7. The van der Waals surface area contributed by atoms with Crippen molar-refractivity contribution in [1.82, 2.24) is 19.7 Å². The van der Waals surface area contributed by atoms with Crippen LogP contribution in [-0.4, -0.2) is 25.7 Å². The first-order valence-corrected chi connectivity index (χ1v) is 8.89. The highest BCUT2D eigenvalue weighted by Gasteiger charge is 2.41. The molecule has 0 saturated carbocycles. The van der Waals surface area contributed by atoms with Crippen LogP contribution in [0.15, 0.2) is 61.1 Å². The number of nitrogens with one attached hydrogen (secondary N) is 1. The van der Waals surface area contributed by atoms with E-state index < -0.39 is 40.9 Å². The molecule has 0 radical (unpaired) electrons. The summed E-state index contributed by atoms with van der Waals surface area (Å²) in [5.41, 5.74) is -2.66. The Labute approximate surface area is 175 Å². The van der Waals surface area contributed by atoms with Crippen molar-refractivity contribution in [2.24, 2.45) is 0 Å². The number of hydrogen-bond acceptors (Lipinski definition) is 4. The fraction of sp³-hybridized carbons (Fsp3) is 0.100. The Hall–Kier alpha value is -3.96. The number of anilines is 1. The summed E-state index contributed by atoms with van der Waals surface area (Å²) in [5.74, 6) is -1.65. The molecule has 0 fully saturated rings. The Morgan fingerprint density at radius 1 is 0.875 bits per heavy atom. The number of fused-ring (bicyclic) bond motifs is 1. The Balaban J connectivity index is 1.69. The Morgan fingerprint density at radius 3 is 2.28 bits per heavy atom. The van der Waals surface area contributed by atoms with Crippen molar-refractivity contribution >= 4 is 22.5 Å². The van der Waals surface area contributed by atoms with Crippen molar-refractivity contribution in [2.75, 3.05) is 5.32 Å². The maximum absolute atomic E-state index is 13.7. The van der Waals surface area contributed by atoms with Crippen LogP contribution in [0.25, 0.3) is 16.7 Å². The number of alkyl halides is 6. The third-order valence-electron chi connectivity index (χ3n) is 4.42. The zero-order chi connectivity index (χ0) is 23.1. The van der Waals surface area contributed by atoms with Crippen molar-refractivity contribution in [3.8, 4) is 5.82 Å². The third-order valence-corrected chi connectivity index (χ3v) is 4.42. The lowest BCUT2D eigenvalue weighted by atomic mass is 10.2. The van der Waals surface area contributed by atoms with Gasteiger partial charge < -0.3 is 5.32 Å². The first kappa shape index (κ1) is 21.3. The largest absolute Gasteiger partial charge is 0.434 e. The molecule has 12 heteroatoms. The summed E-state index contributed by atoms with van der Waals surface area (Å²) in [6.07, 6.45) is -7.41. The average molecular weight is 451 g/mol. The van der Waals surface area contributed by atoms with Crippen LogP contribution in [0.3, 0.4) is 0 Å². The lowest BCUT2D eigenvalue weighted by Crippen LogP contribution is -2.21. The second kappa shape index (κ2) is 7.62. The predicted octanol–water partition coefficient (Wildman–Crippen LogP) is 5.11. The van der Waals surface area contributed by atoms with Crippen LogP contribution in [0.2, 0.25) is 0 Å². The van der Waals surface area contributed by atoms with E-state index in [0.717, 1.165) is 6.07 Å². The molecule has 0 aliphatic carbocycles. The van der Waals surface area contributed by atoms with Crippen molar-refractivity contribution in [3.05, 3.63) is 77.9 Å². The summed E-state index contributed by atoms with van der Waals surface area (Å²) in [6.45, 7) is 0. The van der Waals surface area contributed by atoms with E-state index in [1.54, 1.807) is 24.3 Å². The van der Waals surface area contributed by atoms with Gasteiger partial charge in [-0.1, -0.05) is 18.2 Å². The lowest BCUT2D eigenvalue weighted by molar-refractivity contribution is -0.143. The molecular weight excluding hydrogens is 440 g/mol. The number of carbonyl (C=O) groups is 1. The third kappa shape index (κ3) is 4.11. The molecule has 0 aliphatic heterocycles. The van der Waals surface area contributed by atoms with Gasteiger partial charge >= 0.3 is 12.4 Å². The van der Waals surface area contributed by atoms with Gasteiger partial charge in [-0.3, -0.25) is 9.78 Å². The summed E-state index contributed by atoms with van der Waals surface area (Å²) in [4.78, 5) is 20.1. The van der Waals surface area contributed by atoms with E-state index in [4.69, 9.17) is 0 Å². The normalized spacial score (nSPS) is 12.2. The van der Waals surface area contributed by atoms with E-state index in [-0.39, 0.29) is 10.4 Å². The van der Waals surface area contributed by atoms with E-state index in [1.807, 2.05) is 0 Å². The van der Waals surface area contributed by atoms with Crippen molar-refractivity contribution in [3.63, 3.8) is 0 Å². The van der Waals surface area contributed by atoms with E-state index in [2.05, 4.69) is 20.4 Å². The number of rotatable bonds is 3. The Kier molecular flexibility index (Phi) is 5.07. The molecular formula is C20H11F6N5O. The van der Waals surface area contributed by atoms with E-state index in [9.17, 15) is 31.1 Å². The minimum Gasteiger partial charge on any atom is -0.320 e. The average Bonchev–Trinajstić information content (AvgIpc) is 3.19. The lowest BCUT2D eigenvalue weighted by Gasteiger charge is -2.13. The molecule has 0 bridgehead atoms. The summed E-state index contributed by atoms with van der Waals surface area (Å²) in [6, 6.07) is 9.78. The first-order chi connectivity index (χ1) is 15.0. The maximum atomic E-state index is 13.7. The predicted molar refractivity (Wildman–Crippen MR) is 101 cm³/mol. The number of benzene rings is 1. The molecule has 3 heterocycles. The van der Waals surface area contributed by atoms with Gasteiger partial charge in [-0.2, -0.15) is 31.4 Å². The van der Waals surface area contributed by atoms with Gasteiger partial charge in [0.15, 0.2) is 11.5 Å². The fourth-order valence-corrected chi connectivity index (χ4v) is 2.98. The number of para-hydroxylation sites is 1. The van der Waals surface area contributed by atoms with Crippen molar-refractivity contribution in [1.29, 1.82) is 0 Å².